The van der Waals surface area contributed by atoms with E-state index in [9.17, 15) is 17.2 Å². The van der Waals surface area contributed by atoms with Crippen molar-refractivity contribution in [3.63, 3.8) is 0 Å². The predicted molar refractivity (Wildman–Crippen MR) is 71.7 cm³/mol. The van der Waals surface area contributed by atoms with E-state index in [1.165, 1.54) is 20.4 Å². The normalized spacial score (nSPS) is 12.4. The molecule has 0 saturated heterocycles. The summed E-state index contributed by atoms with van der Waals surface area (Å²) in [6.45, 7) is 0.370. The van der Waals surface area contributed by atoms with Crippen LogP contribution in [0.25, 0.3) is 11.0 Å². The van der Waals surface area contributed by atoms with Gasteiger partial charge in [-0.1, -0.05) is 0 Å². The first kappa shape index (κ1) is 14.9. The highest BCUT2D eigenvalue weighted by molar-refractivity contribution is 7.89. The van der Waals surface area contributed by atoms with Crippen molar-refractivity contribution in [2.24, 2.45) is 0 Å². The third-order valence-electron chi connectivity index (χ3n) is 3.02. The standard InChI is InChI=1S/C12H15F2N3O2S/c1-16(2)20(18,19)5-3-4-17-8-15-11-6-9(13)10(14)7-12(11)17/h6-8H,3-5H2,1-2H3. The molecule has 0 spiro atoms. The number of hydrogen-bond donors (Lipinski definition) is 0. The molecule has 0 aliphatic heterocycles. The zero-order valence-corrected chi connectivity index (χ0v) is 12.0. The van der Waals surface area contributed by atoms with Crippen LogP contribution in [0.5, 0.6) is 0 Å². The van der Waals surface area contributed by atoms with Crippen LogP contribution in [0.4, 0.5) is 8.78 Å². The molecule has 0 aliphatic rings. The van der Waals surface area contributed by atoms with Crippen molar-refractivity contribution in [3.8, 4) is 0 Å². The van der Waals surface area contributed by atoms with Gasteiger partial charge in [0.15, 0.2) is 11.6 Å². The molecular weight excluding hydrogens is 288 g/mol. The molecule has 0 fully saturated rings. The molecule has 5 nitrogen and oxygen atoms in total. The average molecular weight is 303 g/mol. The zero-order valence-electron chi connectivity index (χ0n) is 11.2. The van der Waals surface area contributed by atoms with Gasteiger partial charge in [0.05, 0.1) is 23.1 Å². The van der Waals surface area contributed by atoms with E-state index in [4.69, 9.17) is 0 Å². The van der Waals surface area contributed by atoms with Gasteiger partial charge in [-0.25, -0.2) is 26.5 Å². The van der Waals surface area contributed by atoms with Crippen molar-refractivity contribution in [2.75, 3.05) is 19.8 Å². The van der Waals surface area contributed by atoms with Crippen LogP contribution in [0.2, 0.25) is 0 Å². The Kier molecular flexibility index (Phi) is 4.05. The van der Waals surface area contributed by atoms with E-state index in [0.29, 0.717) is 24.0 Å². The molecule has 0 unspecified atom stereocenters. The molecule has 0 radical (unpaired) electrons. The third kappa shape index (κ3) is 2.96. The second-order valence-electron chi connectivity index (χ2n) is 4.64. The molecule has 0 N–H and O–H groups in total. The van der Waals surface area contributed by atoms with Gasteiger partial charge in [-0.3, -0.25) is 0 Å². The van der Waals surface area contributed by atoms with Gasteiger partial charge in [-0.15, -0.1) is 0 Å². The Bertz CT molecular complexity index is 726. The van der Waals surface area contributed by atoms with Crippen molar-refractivity contribution in [2.45, 2.75) is 13.0 Å². The molecule has 2 aromatic rings. The summed E-state index contributed by atoms with van der Waals surface area (Å²) in [6.07, 6.45) is 1.82. The van der Waals surface area contributed by atoms with E-state index in [1.807, 2.05) is 0 Å². The Morgan fingerprint density at radius 1 is 1.25 bits per heavy atom. The number of nitrogens with zero attached hydrogens (tertiary/aromatic N) is 3. The molecular formula is C12H15F2N3O2S. The minimum absolute atomic E-state index is 0.0106. The highest BCUT2D eigenvalue weighted by atomic mass is 32.2. The lowest BCUT2D eigenvalue weighted by molar-refractivity contribution is 0.509. The van der Waals surface area contributed by atoms with Gasteiger partial charge in [-0.2, -0.15) is 0 Å². The number of fused-ring (bicyclic) bond motifs is 1. The van der Waals surface area contributed by atoms with Crippen molar-refractivity contribution < 1.29 is 17.2 Å². The fourth-order valence-electron chi connectivity index (χ4n) is 1.83. The van der Waals surface area contributed by atoms with Crippen LogP contribution in [-0.4, -0.2) is 42.1 Å². The second kappa shape index (κ2) is 5.45. The fourth-order valence-corrected chi connectivity index (χ4v) is 2.69. The predicted octanol–water partition coefficient (Wildman–Crippen LogP) is 1.60. The van der Waals surface area contributed by atoms with Crippen LogP contribution in [0.3, 0.4) is 0 Å². The molecule has 0 amide bonds. The first-order valence-corrected chi connectivity index (χ1v) is 7.62. The van der Waals surface area contributed by atoms with Crippen LogP contribution in [0, 0.1) is 11.6 Å². The number of benzene rings is 1. The van der Waals surface area contributed by atoms with Crippen molar-refractivity contribution in [3.05, 3.63) is 30.1 Å². The van der Waals surface area contributed by atoms with Crippen molar-refractivity contribution in [1.29, 1.82) is 0 Å². The number of imidazole rings is 1. The summed E-state index contributed by atoms with van der Waals surface area (Å²) in [5.74, 6) is -1.90. The molecule has 110 valence electrons. The maximum absolute atomic E-state index is 13.2. The maximum atomic E-state index is 13.2. The summed E-state index contributed by atoms with van der Waals surface area (Å²) >= 11 is 0. The highest BCUT2D eigenvalue weighted by Crippen LogP contribution is 2.17. The quantitative estimate of drug-likeness (QED) is 0.843. The molecule has 8 heteroatoms. The van der Waals surface area contributed by atoms with Gasteiger partial charge in [0.1, 0.15) is 0 Å². The van der Waals surface area contributed by atoms with E-state index in [2.05, 4.69) is 4.98 Å². The molecule has 1 heterocycles. The van der Waals surface area contributed by atoms with Crippen molar-refractivity contribution in [1.82, 2.24) is 13.9 Å². The minimum atomic E-state index is -3.25. The largest absolute Gasteiger partial charge is 0.330 e. The maximum Gasteiger partial charge on any atom is 0.213 e. The molecule has 0 atom stereocenters. The summed E-state index contributed by atoms with van der Waals surface area (Å²) < 4.78 is 52.3. The van der Waals surface area contributed by atoms with Gasteiger partial charge in [-0.05, 0) is 6.42 Å². The number of hydrogen-bond acceptors (Lipinski definition) is 3. The molecule has 2 rings (SSSR count). The van der Waals surface area contributed by atoms with Crippen LogP contribution < -0.4 is 0 Å². The lowest BCUT2D eigenvalue weighted by atomic mass is 10.3. The average Bonchev–Trinajstić information content (AvgIpc) is 2.72. The van der Waals surface area contributed by atoms with E-state index < -0.39 is 21.7 Å². The smallest absolute Gasteiger partial charge is 0.213 e. The molecule has 0 saturated carbocycles. The van der Waals surface area contributed by atoms with Gasteiger partial charge in [0.2, 0.25) is 10.0 Å². The van der Waals surface area contributed by atoms with Crippen LogP contribution >= 0.6 is 0 Å². The summed E-state index contributed by atoms with van der Waals surface area (Å²) in [4.78, 5) is 3.97. The van der Waals surface area contributed by atoms with E-state index in [-0.39, 0.29) is 5.75 Å². The second-order valence-corrected chi connectivity index (χ2v) is 6.95. The molecule has 1 aromatic carbocycles. The number of rotatable bonds is 5. The third-order valence-corrected chi connectivity index (χ3v) is 4.94. The Hall–Kier alpha value is -1.54. The van der Waals surface area contributed by atoms with Crippen LogP contribution in [0.1, 0.15) is 6.42 Å². The number of sulfonamides is 1. The lowest BCUT2D eigenvalue weighted by Gasteiger charge is -2.11. The van der Waals surface area contributed by atoms with Gasteiger partial charge < -0.3 is 4.57 Å². The fraction of sp³-hybridized carbons (Fsp3) is 0.417. The number of aromatic nitrogens is 2. The Balaban J connectivity index is 2.13. The summed E-state index contributed by atoms with van der Waals surface area (Å²) in [5, 5.41) is 0. The molecule has 1 aromatic heterocycles. The number of halogens is 2. The van der Waals surface area contributed by atoms with E-state index in [1.54, 1.807) is 4.57 Å². The lowest BCUT2D eigenvalue weighted by Crippen LogP contribution is -2.25. The molecule has 0 bridgehead atoms. The first-order valence-electron chi connectivity index (χ1n) is 6.01. The Morgan fingerprint density at radius 2 is 1.90 bits per heavy atom. The van der Waals surface area contributed by atoms with Gasteiger partial charge in [0, 0.05) is 32.8 Å². The molecule has 20 heavy (non-hydrogen) atoms. The van der Waals surface area contributed by atoms with Gasteiger partial charge in [0.25, 0.3) is 0 Å². The van der Waals surface area contributed by atoms with Crippen molar-refractivity contribution >= 4 is 21.1 Å². The highest BCUT2D eigenvalue weighted by Gasteiger charge is 2.14. The van der Waals surface area contributed by atoms with Crippen LogP contribution in [0.15, 0.2) is 18.5 Å². The Labute approximate surface area is 115 Å². The topological polar surface area (TPSA) is 55.2 Å². The summed E-state index contributed by atoms with van der Waals surface area (Å²) in [7, 11) is -0.309. The van der Waals surface area contributed by atoms with E-state index >= 15 is 0 Å². The number of aryl methyl sites for hydroxylation is 1. The Morgan fingerprint density at radius 3 is 2.55 bits per heavy atom. The summed E-state index contributed by atoms with van der Waals surface area (Å²) in [5.41, 5.74) is 0.797. The van der Waals surface area contributed by atoms with Gasteiger partial charge >= 0.3 is 0 Å². The minimum Gasteiger partial charge on any atom is -0.330 e. The van der Waals surface area contributed by atoms with E-state index in [0.717, 1.165) is 16.4 Å². The summed E-state index contributed by atoms with van der Waals surface area (Å²) in [6, 6.07) is 2.09. The van der Waals surface area contributed by atoms with Crippen LogP contribution in [-0.2, 0) is 16.6 Å². The molecule has 0 aliphatic carbocycles. The first-order chi connectivity index (χ1) is 9.31. The zero-order chi connectivity index (χ0) is 14.9. The SMILES string of the molecule is CN(C)S(=O)(=O)CCCn1cnc2cc(F)c(F)cc21. The monoisotopic (exact) mass is 303 g/mol.